The molecule has 0 radical (unpaired) electrons. The van der Waals surface area contributed by atoms with E-state index in [-0.39, 0.29) is 18.3 Å². The summed E-state index contributed by atoms with van der Waals surface area (Å²) in [6, 6.07) is 12.8. The van der Waals surface area contributed by atoms with E-state index in [1.165, 1.54) is 0 Å². The normalized spacial score (nSPS) is 19.0. The Balaban J connectivity index is 0.00000192. The Labute approximate surface area is 142 Å². The van der Waals surface area contributed by atoms with Gasteiger partial charge >= 0.3 is 0 Å². The molecule has 23 heavy (non-hydrogen) atoms. The van der Waals surface area contributed by atoms with Crippen LogP contribution in [0.25, 0.3) is 10.8 Å². The average molecular weight is 357 g/mol. The summed E-state index contributed by atoms with van der Waals surface area (Å²) in [7, 11) is -3.53. The zero-order chi connectivity index (χ0) is 15.4. The van der Waals surface area contributed by atoms with Crippen LogP contribution in [-0.4, -0.2) is 41.3 Å². The van der Waals surface area contributed by atoms with Crippen LogP contribution < -0.4 is 10.0 Å². The van der Waals surface area contributed by atoms with Gasteiger partial charge in [-0.15, -0.1) is 12.4 Å². The van der Waals surface area contributed by atoms with Gasteiger partial charge in [-0.1, -0.05) is 36.4 Å². The van der Waals surface area contributed by atoms with E-state index in [0.717, 1.165) is 23.9 Å². The molecule has 1 aliphatic heterocycles. The summed E-state index contributed by atoms with van der Waals surface area (Å²) in [6.45, 7) is 3.20. The zero-order valence-electron chi connectivity index (χ0n) is 12.7. The molecule has 0 aliphatic carbocycles. The van der Waals surface area contributed by atoms with Gasteiger partial charge in [0.2, 0.25) is 10.0 Å². The molecule has 2 N–H and O–H groups in total. The van der Waals surface area contributed by atoms with E-state index in [4.69, 9.17) is 4.74 Å². The van der Waals surface area contributed by atoms with Gasteiger partial charge in [0.15, 0.2) is 0 Å². The fraction of sp³-hybridized carbons (Fsp3) is 0.375. The first-order valence-electron chi connectivity index (χ1n) is 7.43. The Hall–Kier alpha value is -1.18. The maximum absolute atomic E-state index is 12.6. The van der Waals surface area contributed by atoms with Crippen molar-refractivity contribution in [1.82, 2.24) is 10.0 Å². The molecule has 7 heteroatoms. The summed E-state index contributed by atoms with van der Waals surface area (Å²) >= 11 is 0. The molecule has 0 amide bonds. The lowest BCUT2D eigenvalue weighted by Gasteiger charge is -2.15. The largest absolute Gasteiger partial charge is 0.380 e. The third-order valence-electron chi connectivity index (χ3n) is 3.81. The van der Waals surface area contributed by atoms with Crippen LogP contribution in [0.2, 0.25) is 0 Å². The summed E-state index contributed by atoms with van der Waals surface area (Å²) in [5.74, 6) is 0.146. The summed E-state index contributed by atoms with van der Waals surface area (Å²) in [6.07, 6.45) is 0. The van der Waals surface area contributed by atoms with E-state index in [2.05, 4.69) is 10.0 Å². The predicted octanol–water partition coefficient (Wildman–Crippen LogP) is 1.78. The molecule has 1 atom stereocenters. The van der Waals surface area contributed by atoms with E-state index in [0.29, 0.717) is 24.7 Å². The standard InChI is InChI=1S/C16H20N2O3S.ClH/c19-22(20,18-11-13-10-17-8-9-21-12-13)16-7-3-5-14-4-1-2-6-15(14)16;/h1-7,13,17-18H,8-12H2;1H. The SMILES string of the molecule is Cl.O=S(=O)(NCC1CNCCOC1)c1cccc2ccccc12. The number of fused-ring (bicyclic) bond motifs is 1. The van der Waals surface area contributed by atoms with Crippen molar-refractivity contribution >= 4 is 33.2 Å². The molecular weight excluding hydrogens is 336 g/mol. The highest BCUT2D eigenvalue weighted by Crippen LogP contribution is 2.22. The minimum absolute atomic E-state index is 0. The molecule has 0 saturated carbocycles. The van der Waals surface area contributed by atoms with Gasteiger partial charge in [0.1, 0.15) is 0 Å². The number of hydrogen-bond donors (Lipinski definition) is 2. The highest BCUT2D eigenvalue weighted by molar-refractivity contribution is 7.89. The minimum Gasteiger partial charge on any atom is -0.380 e. The van der Waals surface area contributed by atoms with E-state index in [9.17, 15) is 8.42 Å². The maximum atomic E-state index is 12.6. The average Bonchev–Trinajstić information content (AvgIpc) is 2.81. The van der Waals surface area contributed by atoms with Gasteiger partial charge < -0.3 is 10.1 Å². The summed E-state index contributed by atoms with van der Waals surface area (Å²) in [5, 5.41) is 4.91. The third kappa shape index (κ3) is 4.43. The number of halogens is 1. The van der Waals surface area contributed by atoms with Crippen molar-refractivity contribution in [2.75, 3.05) is 32.8 Å². The lowest BCUT2D eigenvalue weighted by Crippen LogP contribution is -2.35. The molecule has 1 fully saturated rings. The van der Waals surface area contributed by atoms with Crippen molar-refractivity contribution < 1.29 is 13.2 Å². The molecule has 1 saturated heterocycles. The number of hydrogen-bond acceptors (Lipinski definition) is 4. The fourth-order valence-electron chi connectivity index (χ4n) is 2.63. The van der Waals surface area contributed by atoms with Gasteiger partial charge in [-0.3, -0.25) is 0 Å². The van der Waals surface area contributed by atoms with Crippen LogP contribution in [0.3, 0.4) is 0 Å². The van der Waals surface area contributed by atoms with Gasteiger partial charge in [-0.25, -0.2) is 13.1 Å². The summed E-state index contributed by atoms with van der Waals surface area (Å²) < 4.78 is 33.4. The van der Waals surface area contributed by atoms with Gasteiger partial charge in [0.25, 0.3) is 0 Å². The molecule has 126 valence electrons. The number of sulfonamides is 1. The Morgan fingerprint density at radius 2 is 1.96 bits per heavy atom. The smallest absolute Gasteiger partial charge is 0.241 e. The number of benzene rings is 2. The van der Waals surface area contributed by atoms with E-state index in [1.807, 2.05) is 30.3 Å². The molecular formula is C16H21ClN2O3S. The topological polar surface area (TPSA) is 67.4 Å². The van der Waals surface area contributed by atoms with Crippen molar-refractivity contribution in [2.45, 2.75) is 4.90 Å². The predicted molar refractivity (Wildman–Crippen MR) is 93.6 cm³/mol. The molecule has 0 aromatic heterocycles. The zero-order valence-corrected chi connectivity index (χ0v) is 14.3. The Morgan fingerprint density at radius 3 is 2.83 bits per heavy atom. The van der Waals surface area contributed by atoms with Crippen LogP contribution in [0.4, 0.5) is 0 Å². The van der Waals surface area contributed by atoms with E-state index >= 15 is 0 Å². The molecule has 2 aromatic carbocycles. The second kappa shape index (κ2) is 8.08. The Bertz CT molecular complexity index is 739. The van der Waals surface area contributed by atoms with Crippen LogP contribution in [0.15, 0.2) is 47.4 Å². The van der Waals surface area contributed by atoms with E-state index in [1.54, 1.807) is 12.1 Å². The second-order valence-electron chi connectivity index (χ2n) is 5.47. The van der Waals surface area contributed by atoms with Crippen LogP contribution in [0.1, 0.15) is 0 Å². The van der Waals surface area contributed by atoms with Crippen molar-refractivity contribution in [3.8, 4) is 0 Å². The number of rotatable bonds is 4. The van der Waals surface area contributed by atoms with Crippen molar-refractivity contribution in [2.24, 2.45) is 5.92 Å². The maximum Gasteiger partial charge on any atom is 0.241 e. The van der Waals surface area contributed by atoms with Gasteiger partial charge in [0, 0.05) is 30.9 Å². The van der Waals surface area contributed by atoms with Crippen LogP contribution in [0.5, 0.6) is 0 Å². The number of nitrogens with one attached hydrogen (secondary N) is 2. The van der Waals surface area contributed by atoms with Gasteiger partial charge in [0.05, 0.1) is 18.1 Å². The Morgan fingerprint density at radius 1 is 1.17 bits per heavy atom. The third-order valence-corrected chi connectivity index (χ3v) is 5.29. The highest BCUT2D eigenvalue weighted by atomic mass is 35.5. The summed E-state index contributed by atoms with van der Waals surface area (Å²) in [4.78, 5) is 0.327. The molecule has 2 aromatic rings. The van der Waals surface area contributed by atoms with Crippen LogP contribution in [-0.2, 0) is 14.8 Å². The molecule has 0 bridgehead atoms. The molecule has 3 rings (SSSR count). The quantitative estimate of drug-likeness (QED) is 0.876. The van der Waals surface area contributed by atoms with Crippen molar-refractivity contribution in [3.63, 3.8) is 0 Å². The minimum atomic E-state index is -3.53. The lowest BCUT2D eigenvalue weighted by atomic mass is 10.1. The second-order valence-corrected chi connectivity index (χ2v) is 7.21. The monoisotopic (exact) mass is 356 g/mol. The summed E-state index contributed by atoms with van der Waals surface area (Å²) in [5.41, 5.74) is 0. The molecule has 0 spiro atoms. The molecule has 1 aliphatic rings. The fourth-order valence-corrected chi connectivity index (χ4v) is 3.97. The van der Waals surface area contributed by atoms with Crippen molar-refractivity contribution in [3.05, 3.63) is 42.5 Å². The highest BCUT2D eigenvalue weighted by Gasteiger charge is 2.20. The van der Waals surface area contributed by atoms with Crippen LogP contribution >= 0.6 is 12.4 Å². The Kier molecular flexibility index (Phi) is 6.38. The van der Waals surface area contributed by atoms with Gasteiger partial charge in [-0.2, -0.15) is 0 Å². The molecule has 1 unspecified atom stereocenters. The first-order valence-corrected chi connectivity index (χ1v) is 8.91. The first kappa shape index (κ1) is 18.2. The lowest BCUT2D eigenvalue weighted by molar-refractivity contribution is 0.124. The molecule has 5 nitrogen and oxygen atoms in total. The number of ether oxygens (including phenoxy) is 1. The van der Waals surface area contributed by atoms with Crippen LogP contribution in [0, 0.1) is 5.92 Å². The van der Waals surface area contributed by atoms with Crippen molar-refractivity contribution in [1.29, 1.82) is 0 Å². The first-order chi connectivity index (χ1) is 10.7. The van der Waals surface area contributed by atoms with E-state index < -0.39 is 10.0 Å². The van der Waals surface area contributed by atoms with Gasteiger partial charge in [-0.05, 0) is 11.5 Å². The molecule has 1 heterocycles.